The van der Waals surface area contributed by atoms with Gasteiger partial charge in [-0.3, -0.25) is 24.0 Å². The van der Waals surface area contributed by atoms with Gasteiger partial charge < -0.3 is 49.1 Å². The molecule has 0 aliphatic carbocycles. The van der Waals surface area contributed by atoms with Crippen molar-refractivity contribution in [3.63, 3.8) is 0 Å². The molecular formula is C21H39N7O8. The number of hydrogen-bond acceptors (Lipinski definition) is 9. The van der Waals surface area contributed by atoms with Gasteiger partial charge in [-0.05, 0) is 51.6 Å². The number of rotatable bonds is 20. The predicted octanol–water partition coefficient (Wildman–Crippen LogP) is -3.15. The number of nitrogens with two attached hydrogens (primary N) is 4. The highest BCUT2D eigenvalue weighted by Crippen LogP contribution is 2.06. The first-order valence-corrected chi connectivity index (χ1v) is 11.7. The molecule has 0 aromatic rings. The highest BCUT2D eigenvalue weighted by Gasteiger charge is 2.31. The zero-order valence-electron chi connectivity index (χ0n) is 20.2. The molecule has 0 bridgehead atoms. The maximum Gasteiger partial charge on any atom is 0.326 e. The Hall–Kier alpha value is -3.30. The summed E-state index contributed by atoms with van der Waals surface area (Å²) in [4.78, 5) is 71.7. The molecule has 15 heteroatoms. The van der Waals surface area contributed by atoms with Crippen molar-refractivity contribution in [2.45, 2.75) is 82.0 Å². The fourth-order valence-electron chi connectivity index (χ4n) is 3.16. The van der Waals surface area contributed by atoms with Gasteiger partial charge in [0.25, 0.3) is 0 Å². The molecule has 206 valence electrons. The van der Waals surface area contributed by atoms with E-state index < -0.39 is 79.0 Å². The molecule has 4 unspecified atom stereocenters. The van der Waals surface area contributed by atoms with Crippen molar-refractivity contribution in [3.05, 3.63) is 0 Å². The number of hydrogen-bond donors (Lipinski definition) is 9. The third-order valence-corrected chi connectivity index (χ3v) is 5.19. The quantitative estimate of drug-likeness (QED) is 0.0726. The van der Waals surface area contributed by atoms with Gasteiger partial charge in [0, 0.05) is 6.42 Å². The summed E-state index contributed by atoms with van der Waals surface area (Å²) in [5, 5.41) is 25.0. The van der Waals surface area contributed by atoms with E-state index in [2.05, 4.69) is 16.0 Å². The molecular weight excluding hydrogens is 478 g/mol. The van der Waals surface area contributed by atoms with Gasteiger partial charge in [-0.25, -0.2) is 4.79 Å². The maximum absolute atomic E-state index is 12.9. The molecule has 0 aromatic heterocycles. The molecule has 4 atom stereocenters. The van der Waals surface area contributed by atoms with Crippen LogP contribution in [0.15, 0.2) is 0 Å². The van der Waals surface area contributed by atoms with E-state index in [0.29, 0.717) is 45.2 Å². The zero-order chi connectivity index (χ0) is 27.7. The van der Waals surface area contributed by atoms with Crippen LogP contribution >= 0.6 is 0 Å². The van der Waals surface area contributed by atoms with Crippen molar-refractivity contribution in [1.82, 2.24) is 16.0 Å². The molecule has 4 amide bonds. The Labute approximate surface area is 209 Å². The van der Waals surface area contributed by atoms with Gasteiger partial charge in [0.2, 0.25) is 23.6 Å². The molecule has 0 spiro atoms. The van der Waals surface area contributed by atoms with Gasteiger partial charge in [0.15, 0.2) is 0 Å². The van der Waals surface area contributed by atoms with Crippen LogP contribution in [-0.2, 0) is 28.8 Å². The zero-order valence-corrected chi connectivity index (χ0v) is 20.2. The number of carbonyl (C=O) groups is 6. The number of nitrogens with one attached hydrogen (secondary N) is 3. The Kier molecular flexibility index (Phi) is 16.4. The van der Waals surface area contributed by atoms with Gasteiger partial charge in [-0.15, -0.1) is 0 Å². The van der Waals surface area contributed by atoms with Gasteiger partial charge in [0.1, 0.15) is 18.1 Å². The van der Waals surface area contributed by atoms with Crippen LogP contribution in [0.2, 0.25) is 0 Å². The van der Waals surface area contributed by atoms with E-state index in [1.165, 1.54) is 0 Å². The summed E-state index contributed by atoms with van der Waals surface area (Å²) in [5.74, 6) is -6.17. The van der Waals surface area contributed by atoms with Crippen molar-refractivity contribution in [3.8, 4) is 0 Å². The molecule has 0 aliphatic rings. The summed E-state index contributed by atoms with van der Waals surface area (Å²) in [6.07, 6.45) is 1.18. The lowest BCUT2D eigenvalue weighted by Gasteiger charge is -2.24. The SMILES string of the molecule is NCCCCC(N)C(=O)NC(CCCCN)C(=O)NC(CC(N)=O)C(=O)NC(CCC(=O)O)C(=O)O. The average molecular weight is 518 g/mol. The molecule has 0 saturated carbocycles. The molecule has 0 aromatic carbocycles. The second kappa shape index (κ2) is 18.0. The van der Waals surface area contributed by atoms with Crippen LogP contribution in [0.4, 0.5) is 0 Å². The summed E-state index contributed by atoms with van der Waals surface area (Å²) >= 11 is 0. The minimum atomic E-state index is -1.58. The smallest absolute Gasteiger partial charge is 0.326 e. The van der Waals surface area contributed by atoms with Crippen molar-refractivity contribution < 1.29 is 39.0 Å². The Morgan fingerprint density at radius 1 is 0.667 bits per heavy atom. The second-order valence-corrected chi connectivity index (χ2v) is 8.30. The van der Waals surface area contributed by atoms with Gasteiger partial charge in [0.05, 0.1) is 12.5 Å². The average Bonchev–Trinajstić information content (AvgIpc) is 2.79. The predicted molar refractivity (Wildman–Crippen MR) is 128 cm³/mol. The number of carboxylic acid groups (broad SMARTS) is 2. The van der Waals surface area contributed by atoms with E-state index in [1.54, 1.807) is 0 Å². The molecule has 0 fully saturated rings. The van der Waals surface area contributed by atoms with Crippen LogP contribution in [0.5, 0.6) is 0 Å². The van der Waals surface area contributed by atoms with E-state index in [9.17, 15) is 33.9 Å². The van der Waals surface area contributed by atoms with E-state index in [-0.39, 0.29) is 6.42 Å². The van der Waals surface area contributed by atoms with E-state index in [4.69, 9.17) is 28.0 Å². The van der Waals surface area contributed by atoms with Crippen LogP contribution in [0, 0.1) is 0 Å². The van der Waals surface area contributed by atoms with Crippen LogP contribution in [0.25, 0.3) is 0 Å². The highest BCUT2D eigenvalue weighted by molar-refractivity contribution is 5.96. The van der Waals surface area contributed by atoms with Crippen LogP contribution < -0.4 is 38.9 Å². The molecule has 15 nitrogen and oxygen atoms in total. The number of carboxylic acids is 2. The summed E-state index contributed by atoms with van der Waals surface area (Å²) in [6.45, 7) is 0.793. The lowest BCUT2D eigenvalue weighted by atomic mass is 10.0. The van der Waals surface area contributed by atoms with Gasteiger partial charge in [-0.2, -0.15) is 0 Å². The van der Waals surface area contributed by atoms with E-state index in [0.717, 1.165) is 0 Å². The van der Waals surface area contributed by atoms with Gasteiger partial charge in [-0.1, -0.05) is 6.42 Å². The van der Waals surface area contributed by atoms with Crippen LogP contribution in [0.1, 0.15) is 57.8 Å². The highest BCUT2D eigenvalue weighted by atomic mass is 16.4. The summed E-state index contributed by atoms with van der Waals surface area (Å²) < 4.78 is 0. The Bertz CT molecular complexity index is 765. The largest absolute Gasteiger partial charge is 0.481 e. The lowest BCUT2D eigenvalue weighted by molar-refractivity contribution is -0.143. The molecule has 0 aliphatic heterocycles. The molecule has 0 heterocycles. The Morgan fingerprint density at radius 2 is 1.17 bits per heavy atom. The van der Waals surface area contributed by atoms with Crippen molar-refractivity contribution in [1.29, 1.82) is 0 Å². The number of carbonyl (C=O) groups excluding carboxylic acids is 4. The number of aliphatic carboxylic acids is 2. The van der Waals surface area contributed by atoms with Crippen LogP contribution in [-0.4, -0.2) is 83.0 Å². The Morgan fingerprint density at radius 3 is 1.67 bits per heavy atom. The summed E-state index contributed by atoms with van der Waals surface area (Å²) in [5.41, 5.74) is 22.0. The maximum atomic E-state index is 12.9. The lowest BCUT2D eigenvalue weighted by Crippen LogP contribution is -2.57. The molecule has 36 heavy (non-hydrogen) atoms. The van der Waals surface area contributed by atoms with E-state index >= 15 is 0 Å². The topological polar surface area (TPSA) is 283 Å². The van der Waals surface area contributed by atoms with E-state index in [1.807, 2.05) is 0 Å². The third kappa shape index (κ3) is 14.2. The summed E-state index contributed by atoms with van der Waals surface area (Å²) in [6, 6.07) is -5.15. The molecule has 13 N–H and O–H groups in total. The fourth-order valence-corrected chi connectivity index (χ4v) is 3.16. The van der Waals surface area contributed by atoms with Crippen LogP contribution in [0.3, 0.4) is 0 Å². The second-order valence-electron chi connectivity index (χ2n) is 8.30. The normalized spacial score (nSPS) is 14.1. The van der Waals surface area contributed by atoms with Crippen molar-refractivity contribution >= 4 is 35.6 Å². The molecule has 0 radical (unpaired) electrons. The first-order valence-electron chi connectivity index (χ1n) is 11.7. The minimum Gasteiger partial charge on any atom is -0.481 e. The van der Waals surface area contributed by atoms with Gasteiger partial charge >= 0.3 is 11.9 Å². The molecule has 0 rings (SSSR count). The third-order valence-electron chi connectivity index (χ3n) is 5.19. The van der Waals surface area contributed by atoms with Crippen molar-refractivity contribution in [2.24, 2.45) is 22.9 Å². The number of unbranched alkanes of at least 4 members (excludes halogenated alkanes) is 2. The van der Waals surface area contributed by atoms with Crippen molar-refractivity contribution in [2.75, 3.05) is 13.1 Å². The number of primary amides is 1. The first kappa shape index (κ1) is 32.7. The fraction of sp³-hybridized carbons (Fsp3) is 0.714. The Balaban J connectivity index is 5.47. The standard InChI is InChI=1S/C21H39N7O8/c22-9-3-1-5-12(24)18(32)26-13(6-2-4-10-23)19(33)28-15(11-16(25)29)20(34)27-14(21(35)36)7-8-17(30)31/h12-15H,1-11,22-24H2,(H2,25,29)(H,26,32)(H,27,34)(H,28,33)(H,30,31)(H,35,36). The molecule has 0 saturated heterocycles. The first-order chi connectivity index (χ1) is 16.9. The number of amides is 4. The monoisotopic (exact) mass is 517 g/mol. The summed E-state index contributed by atoms with van der Waals surface area (Å²) in [7, 11) is 0. The minimum absolute atomic E-state index is 0.158.